The number of rotatable bonds is 12. The zero-order valence-corrected chi connectivity index (χ0v) is 27.8. The number of sulfonamides is 1. The van der Waals surface area contributed by atoms with E-state index >= 15 is 0 Å². The van der Waals surface area contributed by atoms with E-state index in [0.717, 1.165) is 5.56 Å². The van der Waals surface area contributed by atoms with Crippen molar-refractivity contribution in [3.63, 3.8) is 0 Å². The highest BCUT2D eigenvalue weighted by Crippen LogP contribution is 2.40. The highest BCUT2D eigenvalue weighted by Gasteiger charge is 2.56. The molecule has 0 radical (unpaired) electrons. The normalized spacial score (nSPS) is 13.7. The first-order valence-electron chi connectivity index (χ1n) is 15.3. The summed E-state index contributed by atoms with van der Waals surface area (Å²) in [7, 11) is -4.25. The van der Waals surface area contributed by atoms with Crippen LogP contribution in [0.3, 0.4) is 0 Å². The second kappa shape index (κ2) is 14.7. The minimum absolute atomic E-state index is 0.00487. The van der Waals surface area contributed by atoms with Gasteiger partial charge >= 0.3 is 12.1 Å². The predicted octanol–water partition coefficient (Wildman–Crippen LogP) is 7.00. The second-order valence-corrected chi connectivity index (χ2v) is 13.9. The van der Waals surface area contributed by atoms with Gasteiger partial charge in [-0.3, -0.25) is 4.90 Å². The summed E-state index contributed by atoms with van der Waals surface area (Å²) in [4.78, 5) is 30.5. The molecule has 0 aliphatic carbocycles. The first-order chi connectivity index (χ1) is 21.9. The monoisotopic (exact) mass is 642 g/mol. The van der Waals surface area contributed by atoms with Crippen molar-refractivity contribution in [3.05, 3.63) is 138 Å². The summed E-state index contributed by atoms with van der Waals surface area (Å²) in [5.41, 5.74) is -0.139. The third-order valence-electron chi connectivity index (χ3n) is 7.44. The zero-order chi connectivity index (χ0) is 33.4. The number of benzene rings is 4. The Morgan fingerprint density at radius 2 is 1.30 bits per heavy atom. The molecule has 0 fully saturated rings. The lowest BCUT2D eigenvalue weighted by molar-refractivity contribution is -0.160. The summed E-state index contributed by atoms with van der Waals surface area (Å²) in [6.45, 7) is 8.68. The molecule has 2 unspecified atom stereocenters. The molecular weight excluding hydrogens is 600 g/mol. The van der Waals surface area contributed by atoms with Gasteiger partial charge in [-0.25, -0.2) is 22.7 Å². The molecule has 1 amide bonds. The molecule has 0 aliphatic rings. The number of nitrogens with one attached hydrogen (secondary N) is 1. The number of nitrogens with zero attached hydrogens (tertiary/aromatic N) is 1. The molecule has 0 bridgehead atoms. The quantitative estimate of drug-likeness (QED) is 0.167. The first kappa shape index (κ1) is 34.4. The van der Waals surface area contributed by atoms with Gasteiger partial charge in [0.05, 0.1) is 24.1 Å². The highest BCUT2D eigenvalue weighted by atomic mass is 32.2. The van der Waals surface area contributed by atoms with Crippen LogP contribution in [0, 0.1) is 6.92 Å². The maximum Gasteiger partial charge on any atom is 0.411 e. The summed E-state index contributed by atoms with van der Waals surface area (Å²) in [5.74, 6) is -0.777. The number of amides is 1. The molecule has 0 saturated carbocycles. The fraction of sp³-hybridized carbons (Fsp3) is 0.297. The number of ether oxygens (including phenoxy) is 2. The third-order valence-corrected chi connectivity index (χ3v) is 8.88. The molecule has 8 nitrogen and oxygen atoms in total. The lowest BCUT2D eigenvalue weighted by atomic mass is 9.78. The van der Waals surface area contributed by atoms with Crippen LogP contribution in [0.2, 0.25) is 0 Å². The van der Waals surface area contributed by atoms with Crippen molar-refractivity contribution >= 4 is 22.1 Å². The maximum atomic E-state index is 14.7. The summed E-state index contributed by atoms with van der Waals surface area (Å²) in [6, 6.07) is 32.3. The maximum absolute atomic E-state index is 14.7. The molecule has 2 atom stereocenters. The highest BCUT2D eigenvalue weighted by molar-refractivity contribution is 7.89. The molecule has 0 spiro atoms. The van der Waals surface area contributed by atoms with Crippen molar-refractivity contribution in [1.82, 2.24) is 9.62 Å². The molecule has 46 heavy (non-hydrogen) atoms. The Morgan fingerprint density at radius 1 is 0.783 bits per heavy atom. The van der Waals surface area contributed by atoms with E-state index in [-0.39, 0.29) is 24.5 Å². The summed E-state index contributed by atoms with van der Waals surface area (Å²) < 4.78 is 43.0. The summed E-state index contributed by atoms with van der Waals surface area (Å²) >= 11 is 0. The molecule has 4 aromatic carbocycles. The molecule has 4 rings (SSSR count). The van der Waals surface area contributed by atoms with E-state index in [1.165, 1.54) is 17.0 Å². The van der Waals surface area contributed by atoms with Gasteiger partial charge in [0.25, 0.3) is 0 Å². The molecule has 0 aromatic heterocycles. The Balaban J connectivity index is 2.07. The predicted molar refractivity (Wildman–Crippen MR) is 178 cm³/mol. The lowest BCUT2D eigenvalue weighted by Gasteiger charge is -2.47. The number of hydrogen-bond donors (Lipinski definition) is 1. The summed E-state index contributed by atoms with van der Waals surface area (Å²) in [6.07, 6.45) is -0.884. The fourth-order valence-corrected chi connectivity index (χ4v) is 6.57. The largest absolute Gasteiger partial charge is 0.464 e. The molecule has 1 N–H and O–H groups in total. The molecule has 0 aliphatic heterocycles. The number of aryl methyl sites for hydroxylation is 1. The van der Waals surface area contributed by atoms with Crippen LogP contribution >= 0.6 is 0 Å². The fourth-order valence-electron chi connectivity index (χ4n) is 5.30. The van der Waals surface area contributed by atoms with Gasteiger partial charge < -0.3 is 9.47 Å². The molecular formula is C37H42N2O6S. The Hall–Kier alpha value is -4.47. The van der Waals surface area contributed by atoms with Crippen molar-refractivity contribution in [2.24, 2.45) is 0 Å². The minimum Gasteiger partial charge on any atom is -0.464 e. The minimum atomic E-state index is -4.25. The molecule has 0 heterocycles. The number of carbonyl (C=O) groups is 2. The van der Waals surface area contributed by atoms with Crippen LogP contribution in [0.15, 0.2) is 120 Å². The van der Waals surface area contributed by atoms with E-state index in [1.807, 2.05) is 67.6 Å². The molecule has 9 heteroatoms. The van der Waals surface area contributed by atoms with Gasteiger partial charge in [-0.2, -0.15) is 0 Å². The van der Waals surface area contributed by atoms with Crippen molar-refractivity contribution in [2.45, 2.75) is 69.7 Å². The average Bonchev–Trinajstić information content (AvgIpc) is 3.02. The Labute approximate surface area is 272 Å². The molecule has 0 saturated heterocycles. The van der Waals surface area contributed by atoms with Gasteiger partial charge in [0.15, 0.2) is 5.54 Å². The Morgan fingerprint density at radius 3 is 1.83 bits per heavy atom. The van der Waals surface area contributed by atoms with Gasteiger partial charge in [-0.15, -0.1) is 0 Å². The molecule has 4 aromatic rings. The topological polar surface area (TPSA) is 102 Å². The van der Waals surface area contributed by atoms with Gasteiger partial charge in [0.2, 0.25) is 10.0 Å². The van der Waals surface area contributed by atoms with E-state index in [9.17, 15) is 18.0 Å². The van der Waals surface area contributed by atoms with Crippen LogP contribution < -0.4 is 4.72 Å². The van der Waals surface area contributed by atoms with Crippen LogP contribution in [0.5, 0.6) is 0 Å². The van der Waals surface area contributed by atoms with Gasteiger partial charge in [-0.1, -0.05) is 109 Å². The van der Waals surface area contributed by atoms with Crippen LogP contribution in [-0.2, 0) is 37.3 Å². The Kier molecular flexibility index (Phi) is 11.0. The van der Waals surface area contributed by atoms with Gasteiger partial charge in [-0.05, 0) is 63.4 Å². The van der Waals surface area contributed by atoms with Gasteiger partial charge in [0, 0.05) is 6.42 Å². The van der Waals surface area contributed by atoms with Crippen molar-refractivity contribution in [3.8, 4) is 0 Å². The van der Waals surface area contributed by atoms with Crippen molar-refractivity contribution < 1.29 is 27.5 Å². The average molecular weight is 643 g/mol. The van der Waals surface area contributed by atoms with E-state index < -0.39 is 39.3 Å². The van der Waals surface area contributed by atoms with Crippen LogP contribution in [0.4, 0.5) is 4.79 Å². The van der Waals surface area contributed by atoms with E-state index in [2.05, 4.69) is 4.72 Å². The summed E-state index contributed by atoms with van der Waals surface area (Å²) in [5, 5.41) is 0. The first-order valence-corrected chi connectivity index (χ1v) is 16.7. The second-order valence-electron chi connectivity index (χ2n) is 12.1. The number of esters is 1. The smallest absolute Gasteiger partial charge is 0.411 e. The standard InChI is InChI=1S/C37H42N2O6S/c1-6-44-34(40)37(26-29-16-10-7-11-17-29,39(35(41)45-36(3,4)5)27-30-18-12-8-13-19-30)33(31-20-14-9-15-21-31)38-46(42,43)32-24-22-28(2)23-25-32/h7-25,33,38H,6,26-27H2,1-5H3. The number of carbonyl (C=O) groups excluding carboxylic acids is 2. The van der Waals surface area contributed by atoms with Gasteiger partial charge in [0.1, 0.15) is 5.60 Å². The van der Waals surface area contributed by atoms with E-state index in [0.29, 0.717) is 16.7 Å². The van der Waals surface area contributed by atoms with Crippen LogP contribution in [-0.4, -0.2) is 43.1 Å². The molecule has 242 valence electrons. The van der Waals surface area contributed by atoms with Crippen LogP contribution in [0.1, 0.15) is 56.0 Å². The van der Waals surface area contributed by atoms with Crippen molar-refractivity contribution in [1.29, 1.82) is 0 Å². The number of hydrogen-bond acceptors (Lipinski definition) is 6. The lowest BCUT2D eigenvalue weighted by Crippen LogP contribution is -2.65. The van der Waals surface area contributed by atoms with Crippen molar-refractivity contribution in [2.75, 3.05) is 6.61 Å². The zero-order valence-electron chi connectivity index (χ0n) is 27.0. The Bertz CT molecular complexity index is 1690. The van der Waals surface area contributed by atoms with Crippen LogP contribution in [0.25, 0.3) is 0 Å². The third kappa shape index (κ3) is 8.41. The van der Waals surface area contributed by atoms with E-state index in [4.69, 9.17) is 9.47 Å². The SMILES string of the molecule is CCOC(=O)C(Cc1ccccc1)(C(NS(=O)(=O)c1ccc(C)cc1)c1ccccc1)N(Cc1ccccc1)C(=O)OC(C)(C)C. The van der Waals surface area contributed by atoms with E-state index in [1.54, 1.807) is 70.2 Å².